The quantitative estimate of drug-likeness (QED) is 0.865. The summed E-state index contributed by atoms with van der Waals surface area (Å²) in [6, 6.07) is 7.20. The lowest BCUT2D eigenvalue weighted by molar-refractivity contribution is 0.293. The second kappa shape index (κ2) is 5.31. The van der Waals surface area contributed by atoms with Gasteiger partial charge < -0.3 is 10.5 Å². The Morgan fingerprint density at radius 1 is 1.39 bits per heavy atom. The third-order valence-electron chi connectivity index (χ3n) is 2.62. The summed E-state index contributed by atoms with van der Waals surface area (Å²) in [5, 5.41) is 4.92. The van der Waals surface area contributed by atoms with Crippen LogP contribution in [0.15, 0.2) is 24.3 Å². The zero-order valence-corrected chi connectivity index (χ0v) is 11.2. The van der Waals surface area contributed by atoms with Crippen LogP contribution in [0.1, 0.15) is 18.3 Å². The van der Waals surface area contributed by atoms with Crippen molar-refractivity contribution in [1.82, 2.24) is 9.78 Å². The molecule has 96 valence electrons. The summed E-state index contributed by atoms with van der Waals surface area (Å²) in [4.78, 5) is 0. The number of nitrogens with two attached hydrogens (primary N) is 1. The van der Waals surface area contributed by atoms with Crippen LogP contribution in [0.4, 0.5) is 5.69 Å². The van der Waals surface area contributed by atoms with Crippen molar-refractivity contribution in [3.8, 4) is 5.75 Å². The van der Waals surface area contributed by atoms with Gasteiger partial charge in [-0.1, -0.05) is 11.6 Å². The van der Waals surface area contributed by atoms with Gasteiger partial charge >= 0.3 is 0 Å². The Kier molecular flexibility index (Phi) is 3.77. The van der Waals surface area contributed by atoms with Crippen molar-refractivity contribution in [2.45, 2.75) is 27.0 Å². The van der Waals surface area contributed by atoms with E-state index in [1.54, 1.807) is 18.2 Å². The molecule has 0 aliphatic rings. The number of nitrogens with zero attached hydrogens (tertiary/aromatic N) is 2. The molecule has 0 bridgehead atoms. The molecule has 0 saturated heterocycles. The second-order valence-electron chi connectivity index (χ2n) is 4.07. The first-order valence-corrected chi connectivity index (χ1v) is 6.19. The van der Waals surface area contributed by atoms with Crippen molar-refractivity contribution in [3.05, 3.63) is 40.7 Å². The molecule has 2 N–H and O–H groups in total. The van der Waals surface area contributed by atoms with Gasteiger partial charge in [0.1, 0.15) is 12.4 Å². The van der Waals surface area contributed by atoms with Gasteiger partial charge in [-0.25, -0.2) is 0 Å². The Balaban J connectivity index is 2.13. The summed E-state index contributed by atoms with van der Waals surface area (Å²) in [6.45, 7) is 5.25. The number of hydrogen-bond acceptors (Lipinski definition) is 3. The number of nitrogen functional groups attached to an aromatic ring is 1. The summed E-state index contributed by atoms with van der Waals surface area (Å²) >= 11 is 6.04. The van der Waals surface area contributed by atoms with E-state index in [1.165, 1.54) is 0 Å². The molecule has 0 amide bonds. The molecule has 18 heavy (non-hydrogen) atoms. The van der Waals surface area contributed by atoms with Crippen molar-refractivity contribution < 1.29 is 4.74 Å². The fourth-order valence-electron chi connectivity index (χ4n) is 1.77. The van der Waals surface area contributed by atoms with Gasteiger partial charge in [-0.15, -0.1) is 0 Å². The normalized spacial score (nSPS) is 10.6. The molecule has 0 unspecified atom stereocenters. The van der Waals surface area contributed by atoms with Gasteiger partial charge in [0.05, 0.1) is 16.4 Å². The number of anilines is 1. The highest BCUT2D eigenvalue weighted by atomic mass is 35.5. The minimum absolute atomic E-state index is 0.428. The van der Waals surface area contributed by atoms with Gasteiger partial charge in [-0.05, 0) is 32.0 Å². The minimum Gasteiger partial charge on any atom is -0.486 e. The molecule has 0 spiro atoms. The topological polar surface area (TPSA) is 53.1 Å². The highest BCUT2D eigenvalue weighted by molar-refractivity contribution is 6.32. The number of aromatic nitrogens is 2. The van der Waals surface area contributed by atoms with Crippen LogP contribution in [0.2, 0.25) is 5.02 Å². The Hall–Kier alpha value is -1.68. The van der Waals surface area contributed by atoms with E-state index in [-0.39, 0.29) is 0 Å². The zero-order valence-electron chi connectivity index (χ0n) is 10.5. The highest BCUT2D eigenvalue weighted by Gasteiger charge is 2.07. The van der Waals surface area contributed by atoms with E-state index in [4.69, 9.17) is 22.1 Å². The third kappa shape index (κ3) is 2.76. The number of halogens is 1. The van der Waals surface area contributed by atoms with E-state index >= 15 is 0 Å². The van der Waals surface area contributed by atoms with E-state index in [0.717, 1.165) is 17.9 Å². The number of hydrogen-bond donors (Lipinski definition) is 1. The number of ether oxygens (including phenoxy) is 1. The Labute approximate surface area is 111 Å². The first-order chi connectivity index (χ1) is 8.60. The van der Waals surface area contributed by atoms with Gasteiger partial charge in [0, 0.05) is 18.3 Å². The Bertz CT molecular complexity index is 551. The summed E-state index contributed by atoms with van der Waals surface area (Å²) in [5.74, 6) is 0.596. The van der Waals surface area contributed by atoms with Crippen LogP contribution >= 0.6 is 11.6 Å². The maximum Gasteiger partial charge on any atom is 0.140 e. The standard InChI is InChI=1S/C13H16ClN3O/c1-3-17-11(6-9(2)16-17)8-18-13-7-10(15)4-5-12(13)14/h4-7H,3,8,15H2,1-2H3. The lowest BCUT2D eigenvalue weighted by Crippen LogP contribution is -2.06. The summed E-state index contributed by atoms with van der Waals surface area (Å²) in [5.41, 5.74) is 8.34. The molecule has 0 radical (unpaired) electrons. The number of aryl methyl sites for hydroxylation is 2. The fourth-order valence-corrected chi connectivity index (χ4v) is 1.94. The molecule has 1 aromatic carbocycles. The average molecular weight is 266 g/mol. The first kappa shape index (κ1) is 12.8. The smallest absolute Gasteiger partial charge is 0.140 e. The minimum atomic E-state index is 0.428. The maximum atomic E-state index is 6.04. The van der Waals surface area contributed by atoms with Crippen molar-refractivity contribution in [1.29, 1.82) is 0 Å². The predicted octanol–water partition coefficient (Wildman–Crippen LogP) is 3.03. The molecular formula is C13H16ClN3O. The van der Waals surface area contributed by atoms with Crippen molar-refractivity contribution in [3.63, 3.8) is 0 Å². The molecular weight excluding hydrogens is 250 g/mol. The lowest BCUT2D eigenvalue weighted by Gasteiger charge is -2.09. The van der Waals surface area contributed by atoms with Gasteiger partial charge in [-0.3, -0.25) is 4.68 Å². The second-order valence-corrected chi connectivity index (χ2v) is 4.48. The molecule has 0 fully saturated rings. The van der Waals surface area contributed by atoms with Crippen LogP contribution in [0.5, 0.6) is 5.75 Å². The van der Waals surface area contributed by atoms with E-state index in [2.05, 4.69) is 5.10 Å². The van der Waals surface area contributed by atoms with Crippen LogP contribution < -0.4 is 10.5 Å². The summed E-state index contributed by atoms with van der Waals surface area (Å²) < 4.78 is 7.60. The summed E-state index contributed by atoms with van der Waals surface area (Å²) in [6.07, 6.45) is 0. The zero-order chi connectivity index (χ0) is 13.1. The first-order valence-electron chi connectivity index (χ1n) is 5.81. The van der Waals surface area contributed by atoms with Crippen LogP contribution in [-0.2, 0) is 13.2 Å². The maximum absolute atomic E-state index is 6.04. The van der Waals surface area contributed by atoms with Gasteiger partial charge in [0.2, 0.25) is 0 Å². The van der Waals surface area contributed by atoms with Crippen molar-refractivity contribution in [2.24, 2.45) is 0 Å². The Morgan fingerprint density at radius 3 is 2.89 bits per heavy atom. The number of rotatable bonds is 4. The molecule has 0 aliphatic heterocycles. The monoisotopic (exact) mass is 265 g/mol. The van der Waals surface area contributed by atoms with E-state index in [9.17, 15) is 0 Å². The Morgan fingerprint density at radius 2 is 2.17 bits per heavy atom. The van der Waals surface area contributed by atoms with E-state index < -0.39 is 0 Å². The van der Waals surface area contributed by atoms with Crippen molar-refractivity contribution in [2.75, 3.05) is 5.73 Å². The van der Waals surface area contributed by atoms with E-state index in [1.807, 2.05) is 24.6 Å². The molecule has 2 aromatic rings. The molecule has 1 aromatic heterocycles. The predicted molar refractivity (Wildman–Crippen MR) is 72.8 cm³/mol. The van der Waals surface area contributed by atoms with Crippen LogP contribution in [0.3, 0.4) is 0 Å². The molecule has 0 atom stereocenters. The molecule has 1 heterocycles. The molecule has 4 nitrogen and oxygen atoms in total. The van der Waals surface area contributed by atoms with Crippen LogP contribution in [-0.4, -0.2) is 9.78 Å². The van der Waals surface area contributed by atoms with Gasteiger partial charge in [0.15, 0.2) is 0 Å². The van der Waals surface area contributed by atoms with Crippen LogP contribution in [0, 0.1) is 6.92 Å². The van der Waals surface area contributed by atoms with Gasteiger partial charge in [-0.2, -0.15) is 5.10 Å². The van der Waals surface area contributed by atoms with Crippen molar-refractivity contribution >= 4 is 17.3 Å². The largest absolute Gasteiger partial charge is 0.486 e. The average Bonchev–Trinajstić information content (AvgIpc) is 2.71. The van der Waals surface area contributed by atoms with E-state index in [0.29, 0.717) is 23.1 Å². The SMILES string of the molecule is CCn1nc(C)cc1COc1cc(N)ccc1Cl. The molecule has 2 rings (SSSR count). The fraction of sp³-hybridized carbons (Fsp3) is 0.308. The lowest BCUT2D eigenvalue weighted by atomic mass is 10.3. The summed E-state index contributed by atoms with van der Waals surface area (Å²) in [7, 11) is 0. The molecule has 0 saturated carbocycles. The highest BCUT2D eigenvalue weighted by Crippen LogP contribution is 2.27. The third-order valence-corrected chi connectivity index (χ3v) is 2.93. The van der Waals surface area contributed by atoms with Crippen LogP contribution in [0.25, 0.3) is 0 Å². The molecule has 0 aliphatic carbocycles. The molecule has 5 heteroatoms. The van der Waals surface area contributed by atoms with Gasteiger partial charge in [0.25, 0.3) is 0 Å². The number of benzene rings is 1.